The summed E-state index contributed by atoms with van der Waals surface area (Å²) in [6.07, 6.45) is -4.29. The second kappa shape index (κ2) is 50.2. The van der Waals surface area contributed by atoms with Crippen LogP contribution in [0.3, 0.4) is 0 Å². The lowest BCUT2D eigenvalue weighted by Gasteiger charge is -2.33. The molecule has 5 aliphatic rings. The normalized spacial score (nSPS) is 19.9. The number of aromatic hydroxyl groups is 1. The molecule has 2 aromatic rings. The predicted molar refractivity (Wildman–Crippen MR) is 466 cm³/mol. The zero-order chi connectivity index (χ0) is 96.8. The number of phenolic OH excluding ortho intramolecular Hbond substituents is 1. The van der Waals surface area contributed by atoms with Gasteiger partial charge in [-0.1, -0.05) is 89.1 Å². The highest BCUT2D eigenvalue weighted by atomic mass is 16.4. The van der Waals surface area contributed by atoms with E-state index in [1.54, 1.807) is 58.0 Å². The molecule has 5 heterocycles. The number of aliphatic carboxylic acids is 2. The monoisotopic (exact) mass is 1830 g/mol. The average Bonchev–Trinajstić information content (AvgIpc) is 1.67. The molecule has 22 N–H and O–H groups in total. The van der Waals surface area contributed by atoms with Gasteiger partial charge in [-0.05, 0) is 156 Å². The number of nitrogens with one attached hydrogen (secondary N) is 9. The van der Waals surface area contributed by atoms with Gasteiger partial charge in [-0.25, -0.2) is 4.79 Å². The van der Waals surface area contributed by atoms with E-state index in [1.165, 1.54) is 34.1 Å². The molecule has 0 aliphatic carbocycles. The maximum absolute atomic E-state index is 15.5. The molecule has 16 atom stereocenters. The summed E-state index contributed by atoms with van der Waals surface area (Å²) < 4.78 is 0. The zero-order valence-electron chi connectivity index (χ0n) is 74.6. The first-order chi connectivity index (χ1) is 61.9. The number of phenols is 1. The molecule has 5 aliphatic heterocycles. The molecular weight excluding hydrogens is 1710 g/mol. The molecule has 131 heavy (non-hydrogen) atoms. The zero-order valence-corrected chi connectivity index (χ0v) is 74.6. The highest BCUT2D eigenvalue weighted by Gasteiger charge is 2.49. The number of carboxylic acid groups (broad SMARTS) is 2. The Labute approximate surface area is 757 Å². The van der Waals surface area contributed by atoms with Crippen molar-refractivity contribution in [1.82, 2.24) is 72.4 Å². The number of carbonyl (C=O) groups excluding carboxylic acids is 18. The van der Waals surface area contributed by atoms with Crippen molar-refractivity contribution in [2.45, 2.75) is 292 Å². The van der Waals surface area contributed by atoms with Crippen molar-refractivity contribution in [2.75, 3.05) is 32.7 Å². The Balaban J connectivity index is 1.08. The van der Waals surface area contributed by atoms with Gasteiger partial charge in [0.1, 0.15) is 90.3 Å². The van der Waals surface area contributed by atoms with E-state index < -0.39 is 260 Å². The fraction of sp³-hybridized carbons (Fsp3) is 0.628. The molecule has 0 spiro atoms. The summed E-state index contributed by atoms with van der Waals surface area (Å²) in [5.74, 6) is -19.4. The Morgan fingerprint density at radius 3 is 1.13 bits per heavy atom. The molecule has 2 aromatic carbocycles. The number of hydrogen-bond donors (Lipinski definition) is 17. The van der Waals surface area contributed by atoms with Crippen LogP contribution in [0, 0.1) is 17.8 Å². The molecular formula is C86H126N22O23. The minimum Gasteiger partial charge on any atom is -0.508 e. The molecule has 5 saturated heterocycles. The molecule has 45 nitrogen and oxygen atoms in total. The summed E-state index contributed by atoms with van der Waals surface area (Å²) in [5.41, 5.74) is 38.7. The van der Waals surface area contributed by atoms with E-state index in [9.17, 15) is 97.6 Å². The van der Waals surface area contributed by atoms with Gasteiger partial charge >= 0.3 is 11.9 Å². The van der Waals surface area contributed by atoms with Crippen LogP contribution in [0.25, 0.3) is 10.4 Å². The van der Waals surface area contributed by atoms with Crippen molar-refractivity contribution >= 4 is 118 Å². The number of nitrogens with two attached hydrogens (primary N) is 5. The van der Waals surface area contributed by atoms with Crippen LogP contribution in [0.1, 0.15) is 194 Å². The van der Waals surface area contributed by atoms with Gasteiger partial charge in [0.2, 0.25) is 106 Å². The molecule has 45 heteroatoms. The average molecular weight is 1840 g/mol. The van der Waals surface area contributed by atoms with E-state index in [0.717, 1.165) is 14.7 Å². The van der Waals surface area contributed by atoms with Gasteiger partial charge in [0.05, 0.1) is 12.1 Å². The Kier molecular flexibility index (Phi) is 40.2. The number of nitrogens with zero attached hydrogens (tertiary/aromatic N) is 8. The van der Waals surface area contributed by atoms with Gasteiger partial charge in [-0.2, -0.15) is 0 Å². The van der Waals surface area contributed by atoms with Crippen LogP contribution in [0.15, 0.2) is 59.7 Å². The quantitative estimate of drug-likeness (QED) is 0.0182. The number of primary amides is 4. The smallest absolute Gasteiger partial charge is 0.326 e. The van der Waals surface area contributed by atoms with Crippen LogP contribution in [-0.4, -0.2) is 287 Å². The maximum atomic E-state index is 15.5. The second-order valence-electron chi connectivity index (χ2n) is 35.3. The van der Waals surface area contributed by atoms with Crippen LogP contribution in [-0.2, 0) is 109 Å². The largest absolute Gasteiger partial charge is 0.508 e. The number of rotatable bonds is 50. The lowest BCUT2D eigenvalue weighted by atomic mass is 10.00. The third kappa shape index (κ3) is 31.6. The van der Waals surface area contributed by atoms with Gasteiger partial charge in [0.25, 0.3) is 0 Å². The Morgan fingerprint density at radius 2 is 0.710 bits per heavy atom. The molecule has 0 unspecified atom stereocenters. The third-order valence-corrected chi connectivity index (χ3v) is 23.5. The number of carboxylic acids is 2. The van der Waals surface area contributed by atoms with E-state index >= 15 is 19.2 Å². The van der Waals surface area contributed by atoms with E-state index in [2.05, 4.69) is 57.9 Å². The van der Waals surface area contributed by atoms with Crippen molar-refractivity contribution in [3.8, 4) is 5.75 Å². The number of carbonyl (C=O) groups is 20. The fourth-order valence-corrected chi connectivity index (χ4v) is 17.0. The van der Waals surface area contributed by atoms with Gasteiger partial charge in [-0.3, -0.25) is 91.1 Å². The summed E-state index contributed by atoms with van der Waals surface area (Å²) in [7, 11) is 0. The van der Waals surface area contributed by atoms with Crippen molar-refractivity contribution in [3.05, 3.63) is 76.2 Å². The first-order valence-corrected chi connectivity index (χ1v) is 44.4. The number of benzene rings is 2. The molecule has 0 radical (unpaired) electrons. The molecule has 0 saturated carbocycles. The van der Waals surface area contributed by atoms with Crippen LogP contribution >= 0.6 is 0 Å². The SMILES string of the molecule is CC(C)C[C@H](NC(=O)[C@H](CCC(N)=O)NC(=O)[C@@H](N)CC(C)C)C(=O)N[C@@H](CCC(N)=O)C(=O)N1CCC[C@H]1C(=O)N[C@@H](Cc1ccccc1)C(=O)N1C[C@@H](N=[N+]=[N-])C[C@H]1C(=O)N[C@@H](CCC(N)=O)C(=O)N1CCC[C@H]1C(=O)N[C@@H](CCC(=O)O)C(=O)N[C@@H](CC(C)C)C(=O)N1CCC[C@H]1C(=O)N[C@@H](Cc1ccc(O)cc1)C(=O)N1CCC[C@H]1C(=O)N[C@@H](CCC(N)=O)C(=O)O. The Morgan fingerprint density at radius 1 is 0.389 bits per heavy atom. The van der Waals surface area contributed by atoms with Gasteiger partial charge in [0.15, 0.2) is 0 Å². The lowest BCUT2D eigenvalue weighted by Crippen LogP contribution is -2.61. The minimum absolute atomic E-state index is 0.00497. The third-order valence-electron chi connectivity index (χ3n) is 23.5. The number of azide groups is 1. The first kappa shape index (κ1) is 105. The number of likely N-dealkylation sites (tertiary alicyclic amines) is 5. The van der Waals surface area contributed by atoms with Crippen LogP contribution in [0.5, 0.6) is 5.75 Å². The van der Waals surface area contributed by atoms with Crippen LogP contribution < -0.4 is 76.5 Å². The lowest BCUT2D eigenvalue weighted by molar-refractivity contribution is -0.146. The van der Waals surface area contributed by atoms with Gasteiger partial charge in [-0.15, -0.1) is 0 Å². The highest BCUT2D eigenvalue weighted by Crippen LogP contribution is 2.30. The summed E-state index contributed by atoms with van der Waals surface area (Å²) in [4.78, 5) is 286. The van der Waals surface area contributed by atoms with E-state index in [4.69, 9.17) is 28.7 Å². The van der Waals surface area contributed by atoms with Crippen molar-refractivity contribution in [2.24, 2.45) is 51.5 Å². The number of amides is 18. The topological polar surface area (TPSA) is 705 Å². The Hall–Kier alpha value is -13.1. The summed E-state index contributed by atoms with van der Waals surface area (Å²) in [5, 5.41) is 57.3. The van der Waals surface area contributed by atoms with E-state index in [0.29, 0.717) is 17.5 Å². The molecule has 718 valence electrons. The highest BCUT2D eigenvalue weighted by molar-refractivity contribution is 6.02. The molecule has 18 amide bonds. The van der Waals surface area contributed by atoms with Crippen molar-refractivity contribution in [3.63, 3.8) is 0 Å². The molecule has 0 aromatic heterocycles. The number of hydrogen-bond acceptors (Lipinski definition) is 23. The van der Waals surface area contributed by atoms with Crippen LogP contribution in [0.2, 0.25) is 0 Å². The maximum Gasteiger partial charge on any atom is 0.326 e. The van der Waals surface area contributed by atoms with E-state index in [1.807, 2.05) is 13.8 Å². The summed E-state index contributed by atoms with van der Waals surface area (Å²) in [6, 6.07) is -8.90. The van der Waals surface area contributed by atoms with Crippen molar-refractivity contribution < 1.29 is 111 Å². The van der Waals surface area contributed by atoms with Gasteiger partial charge in [0, 0.05) is 82.6 Å². The van der Waals surface area contributed by atoms with Crippen LogP contribution in [0.4, 0.5) is 0 Å². The first-order valence-electron chi connectivity index (χ1n) is 44.4. The van der Waals surface area contributed by atoms with Gasteiger partial charge < -0.3 is 116 Å². The fourth-order valence-electron chi connectivity index (χ4n) is 17.0. The minimum atomic E-state index is -1.73. The standard InChI is InChI=1S/C86H126N22O23/c1-45(2)38-52(87)72(116)93-53(24-29-67(88)110)73(117)98-58(39-46(3)4)75(119)95-55(25-30-68(89)111)81(125)105-35-11-18-64(105)78(122)101-61(41-48-14-8-7-9-15-48)85(129)108-44-50(102-103-92)43-66(108)80(124)96-56(26-31-69(90)112)82(126)104-34-10-16-62(104)76(120)94-54(28-33-71(114)115)74(118)99-59(40-47(5)6)83(127)106-36-13-19-65(106)79(123)100-60(42-49-20-22-51(109)23-21-49)84(128)107-37-12-17-63(107)77(121)97-57(86(130)131)27-32-70(91)113/h7-9,14-15,20-23,45-47,50,52-66,109H,10-13,16-19,24-44,87H2,1-6H3,(H2,88,110)(H2,89,111)(H2,90,112)(H2,91,113)(H,93,116)(H,94,120)(H,95,119)(H,96,124)(H,97,121)(H,98,117)(H,99,118)(H,100,123)(H,101,122)(H,114,115)(H,130,131)/t50-,52-,53-,54-,55-,56-,57-,58-,59-,60-,61-,62-,63-,64-,65-,66-/m0/s1. The van der Waals surface area contributed by atoms with Crippen molar-refractivity contribution in [1.29, 1.82) is 0 Å². The summed E-state index contributed by atoms with van der Waals surface area (Å²) >= 11 is 0. The molecule has 0 bridgehead atoms. The van der Waals surface area contributed by atoms with E-state index in [-0.39, 0.29) is 159 Å². The predicted octanol–water partition coefficient (Wildman–Crippen LogP) is -2.74. The molecule has 7 rings (SSSR count). The second-order valence-corrected chi connectivity index (χ2v) is 35.3. The molecule has 5 fully saturated rings. The Bertz CT molecular complexity index is 4530. The summed E-state index contributed by atoms with van der Waals surface area (Å²) in [6.45, 7) is 9.87.